The Labute approximate surface area is 66.7 Å². The third-order valence-corrected chi connectivity index (χ3v) is 1.35. The fraction of sp³-hybridized carbons (Fsp3) is 0.400. The van der Waals surface area contributed by atoms with E-state index in [4.69, 9.17) is 0 Å². The van der Waals surface area contributed by atoms with E-state index in [2.05, 4.69) is 4.99 Å². The predicted octanol–water partition coefficient (Wildman–Crippen LogP) is -0.123. The minimum atomic E-state index is -1.15. The Hall–Kier alpha value is -1.79. The smallest absolute Gasteiger partial charge is 0.272 e. The van der Waals surface area contributed by atoms with Gasteiger partial charge in [0, 0.05) is 4.92 Å². The lowest BCUT2D eigenvalue weighted by Gasteiger charge is -2.02. The van der Waals surface area contributed by atoms with E-state index in [0.717, 1.165) is 12.3 Å². The van der Waals surface area contributed by atoms with Gasteiger partial charge in [0.15, 0.2) is 0 Å². The summed E-state index contributed by atoms with van der Waals surface area (Å²) in [7, 11) is 0. The summed E-state index contributed by atoms with van der Waals surface area (Å²) in [6.45, 7) is -0.0860. The lowest BCUT2D eigenvalue weighted by Crippen LogP contribution is -2.24. The van der Waals surface area contributed by atoms with Crippen LogP contribution in [0.25, 0.3) is 0 Å². The highest BCUT2D eigenvalue weighted by molar-refractivity contribution is 5.67. The Balaban J connectivity index is 2.81. The van der Waals surface area contributed by atoms with Crippen LogP contribution in [0.3, 0.4) is 0 Å². The average Bonchev–Trinajstić information content (AvgIpc) is 2.04. The van der Waals surface area contributed by atoms with Crippen LogP contribution in [0.5, 0.6) is 0 Å². The van der Waals surface area contributed by atoms with Gasteiger partial charge in [-0.25, -0.2) is 0 Å². The van der Waals surface area contributed by atoms with Crippen LogP contribution in [0.4, 0.5) is 0 Å². The van der Waals surface area contributed by atoms with Crippen molar-refractivity contribution in [3.05, 3.63) is 32.0 Å². The van der Waals surface area contributed by atoms with Gasteiger partial charge in [-0.3, -0.25) is 25.2 Å². The molecule has 0 saturated carbocycles. The maximum absolute atomic E-state index is 10.2. The molecule has 0 bridgehead atoms. The maximum Gasteiger partial charge on any atom is 0.272 e. The summed E-state index contributed by atoms with van der Waals surface area (Å²) in [5, 5.41) is 20.3. The Bertz CT molecular complexity index is 282. The third-order valence-electron chi connectivity index (χ3n) is 1.35. The topological polar surface area (TPSA) is 98.6 Å². The fourth-order valence-electron chi connectivity index (χ4n) is 0.781. The molecule has 1 rings (SSSR count). The molecule has 64 valence electrons. The van der Waals surface area contributed by atoms with Crippen molar-refractivity contribution in [2.24, 2.45) is 4.99 Å². The van der Waals surface area contributed by atoms with Gasteiger partial charge in [0.2, 0.25) is 0 Å². The van der Waals surface area contributed by atoms with Crippen molar-refractivity contribution >= 4 is 6.21 Å². The first-order chi connectivity index (χ1) is 5.61. The first-order valence-corrected chi connectivity index (χ1v) is 3.10. The van der Waals surface area contributed by atoms with E-state index in [-0.39, 0.29) is 12.2 Å². The molecule has 0 aliphatic carbocycles. The maximum atomic E-state index is 10.2. The Morgan fingerprint density at radius 1 is 1.50 bits per heavy atom. The van der Waals surface area contributed by atoms with Crippen molar-refractivity contribution in [3.63, 3.8) is 0 Å². The van der Waals surface area contributed by atoms with Gasteiger partial charge in [-0.1, -0.05) is 0 Å². The van der Waals surface area contributed by atoms with Crippen LogP contribution in [0.2, 0.25) is 0 Å². The van der Waals surface area contributed by atoms with Gasteiger partial charge < -0.3 is 0 Å². The van der Waals surface area contributed by atoms with E-state index >= 15 is 0 Å². The number of aliphatic imine (C=N–C) groups is 1. The molecule has 7 nitrogen and oxygen atoms in total. The molecule has 0 radical (unpaired) electrons. The number of hydrogen-bond acceptors (Lipinski definition) is 5. The quantitative estimate of drug-likeness (QED) is 0.427. The highest BCUT2D eigenvalue weighted by atomic mass is 16.6. The molecule has 1 heterocycles. The molecular weight excluding hydrogens is 166 g/mol. The lowest BCUT2D eigenvalue weighted by atomic mass is 10.2. The van der Waals surface area contributed by atoms with E-state index in [9.17, 15) is 20.2 Å². The highest BCUT2D eigenvalue weighted by Crippen LogP contribution is 2.05. The molecule has 0 aromatic carbocycles. The van der Waals surface area contributed by atoms with E-state index < -0.39 is 15.9 Å². The van der Waals surface area contributed by atoms with Crippen LogP contribution >= 0.6 is 0 Å². The summed E-state index contributed by atoms with van der Waals surface area (Å²) in [6, 6.07) is -1.15. The Morgan fingerprint density at radius 3 is 2.67 bits per heavy atom. The number of rotatable bonds is 2. The van der Waals surface area contributed by atoms with Gasteiger partial charge in [0.1, 0.15) is 6.54 Å². The molecule has 7 heteroatoms. The molecule has 0 fully saturated rings. The molecule has 1 aliphatic heterocycles. The van der Waals surface area contributed by atoms with Crippen molar-refractivity contribution in [2.45, 2.75) is 6.04 Å². The summed E-state index contributed by atoms with van der Waals surface area (Å²) in [5.74, 6) is 0. The van der Waals surface area contributed by atoms with E-state index in [0.29, 0.717) is 0 Å². The summed E-state index contributed by atoms with van der Waals surface area (Å²) >= 11 is 0. The number of nitrogens with zero attached hydrogens (tertiary/aromatic N) is 3. The van der Waals surface area contributed by atoms with Crippen LogP contribution in [0.15, 0.2) is 16.8 Å². The molecule has 12 heavy (non-hydrogen) atoms. The molecule has 0 saturated heterocycles. The van der Waals surface area contributed by atoms with Crippen molar-refractivity contribution in [1.82, 2.24) is 0 Å². The third kappa shape index (κ3) is 1.62. The van der Waals surface area contributed by atoms with Crippen molar-refractivity contribution in [1.29, 1.82) is 0 Å². The molecule has 0 spiro atoms. The molecule has 0 aromatic heterocycles. The zero-order valence-corrected chi connectivity index (χ0v) is 5.91. The first kappa shape index (κ1) is 8.31. The number of nitro groups is 2. The molecular formula is C5H5N3O4. The fourth-order valence-corrected chi connectivity index (χ4v) is 0.781. The van der Waals surface area contributed by atoms with Gasteiger partial charge in [0.05, 0.1) is 17.2 Å². The summed E-state index contributed by atoms with van der Waals surface area (Å²) in [4.78, 5) is 22.5. The van der Waals surface area contributed by atoms with E-state index in [1.54, 1.807) is 0 Å². The summed E-state index contributed by atoms with van der Waals surface area (Å²) in [6.07, 6.45) is 2.08. The van der Waals surface area contributed by atoms with Gasteiger partial charge in [-0.05, 0) is 0 Å². The van der Waals surface area contributed by atoms with Crippen LogP contribution in [-0.4, -0.2) is 28.6 Å². The zero-order valence-electron chi connectivity index (χ0n) is 5.91. The van der Waals surface area contributed by atoms with E-state index in [1.165, 1.54) is 0 Å². The second-order valence-corrected chi connectivity index (χ2v) is 2.18. The standard InChI is InChI=1S/C5H5N3O4/c9-7(10)4-1-5(8(11)12)3-6-2-4/h1-2,4H,3H2. The largest absolute Gasteiger partial charge is 0.279 e. The normalized spacial score (nSPS) is 21.7. The van der Waals surface area contributed by atoms with Crippen LogP contribution < -0.4 is 0 Å². The molecule has 0 amide bonds. The minimum Gasteiger partial charge on any atom is -0.279 e. The van der Waals surface area contributed by atoms with Gasteiger partial charge in [0.25, 0.3) is 11.7 Å². The van der Waals surface area contributed by atoms with Crippen LogP contribution in [0, 0.1) is 20.2 Å². The molecule has 1 unspecified atom stereocenters. The molecule has 1 aliphatic rings. The predicted molar refractivity (Wildman–Crippen MR) is 39.2 cm³/mol. The zero-order chi connectivity index (χ0) is 9.14. The van der Waals surface area contributed by atoms with Crippen LogP contribution in [-0.2, 0) is 0 Å². The van der Waals surface area contributed by atoms with Gasteiger partial charge in [-0.2, -0.15) is 0 Å². The SMILES string of the molecule is O=[N+]([O-])C1=CC([N+](=O)[O-])C=NC1. The van der Waals surface area contributed by atoms with Crippen molar-refractivity contribution in [3.8, 4) is 0 Å². The van der Waals surface area contributed by atoms with Crippen molar-refractivity contribution in [2.75, 3.05) is 6.54 Å². The second kappa shape index (κ2) is 3.07. The average molecular weight is 171 g/mol. The molecule has 1 atom stereocenters. The lowest BCUT2D eigenvalue weighted by molar-refractivity contribution is -0.493. The highest BCUT2D eigenvalue weighted by Gasteiger charge is 2.24. The van der Waals surface area contributed by atoms with Gasteiger partial charge in [-0.15, -0.1) is 0 Å². The second-order valence-electron chi connectivity index (χ2n) is 2.18. The Kier molecular flexibility index (Phi) is 2.13. The van der Waals surface area contributed by atoms with E-state index in [1.807, 2.05) is 0 Å². The monoisotopic (exact) mass is 171 g/mol. The van der Waals surface area contributed by atoms with Gasteiger partial charge >= 0.3 is 0 Å². The molecule has 0 aromatic rings. The minimum absolute atomic E-state index is 0.0860. The first-order valence-electron chi connectivity index (χ1n) is 3.10. The number of hydrogen-bond donors (Lipinski definition) is 0. The summed E-state index contributed by atoms with van der Waals surface area (Å²) in [5.41, 5.74) is -0.223. The Morgan fingerprint density at radius 2 is 2.17 bits per heavy atom. The number of dihydropyridines is 1. The van der Waals surface area contributed by atoms with Crippen LogP contribution in [0.1, 0.15) is 0 Å². The summed E-state index contributed by atoms with van der Waals surface area (Å²) < 4.78 is 0. The van der Waals surface area contributed by atoms with Crippen molar-refractivity contribution < 1.29 is 9.85 Å². The molecule has 0 N–H and O–H groups in total.